The SMILES string of the molecule is COc1ccc(-c2ccc3c(N4CCN(C)CC4)nc(N)nc3c2)cc1. The van der Waals surface area contributed by atoms with Gasteiger partial charge in [-0.25, -0.2) is 4.98 Å². The standard InChI is InChI=1S/C20H23N5O/c1-24-9-11-25(12-10-24)19-17-8-5-15(13-18(17)22-20(21)23-19)14-3-6-16(26-2)7-4-14/h3-8,13H,9-12H2,1-2H3,(H2,21,22,23). The molecule has 2 N–H and O–H groups in total. The quantitative estimate of drug-likeness (QED) is 0.784. The lowest BCUT2D eigenvalue weighted by molar-refractivity contribution is 0.312. The second kappa shape index (κ2) is 6.80. The molecule has 0 bridgehead atoms. The Kier molecular flexibility index (Phi) is 4.34. The molecule has 1 aromatic heterocycles. The van der Waals surface area contributed by atoms with Crippen LogP contribution >= 0.6 is 0 Å². The fourth-order valence-electron chi connectivity index (χ4n) is 3.35. The van der Waals surface area contributed by atoms with Gasteiger partial charge in [0.05, 0.1) is 12.6 Å². The highest BCUT2D eigenvalue weighted by molar-refractivity contribution is 5.93. The fourth-order valence-corrected chi connectivity index (χ4v) is 3.35. The van der Waals surface area contributed by atoms with Gasteiger partial charge >= 0.3 is 0 Å². The zero-order valence-electron chi connectivity index (χ0n) is 15.1. The van der Waals surface area contributed by atoms with Gasteiger partial charge in [0.2, 0.25) is 5.95 Å². The molecule has 1 aliphatic heterocycles. The Hall–Kier alpha value is -2.86. The van der Waals surface area contributed by atoms with Crippen LogP contribution in [0.25, 0.3) is 22.0 Å². The summed E-state index contributed by atoms with van der Waals surface area (Å²) < 4.78 is 5.24. The summed E-state index contributed by atoms with van der Waals surface area (Å²) >= 11 is 0. The van der Waals surface area contributed by atoms with E-state index in [2.05, 4.69) is 45.0 Å². The summed E-state index contributed by atoms with van der Waals surface area (Å²) in [5, 5.41) is 1.04. The molecule has 0 aliphatic carbocycles. The molecule has 2 heterocycles. The van der Waals surface area contributed by atoms with Crippen LogP contribution in [0.3, 0.4) is 0 Å². The Balaban J connectivity index is 1.74. The predicted molar refractivity (Wildman–Crippen MR) is 106 cm³/mol. The number of aromatic nitrogens is 2. The van der Waals surface area contributed by atoms with Crippen molar-refractivity contribution in [2.75, 3.05) is 51.0 Å². The van der Waals surface area contributed by atoms with Gasteiger partial charge in [0, 0.05) is 31.6 Å². The summed E-state index contributed by atoms with van der Waals surface area (Å²) in [6.45, 7) is 3.94. The van der Waals surface area contributed by atoms with Gasteiger partial charge in [-0.1, -0.05) is 18.2 Å². The van der Waals surface area contributed by atoms with Crippen molar-refractivity contribution in [3.63, 3.8) is 0 Å². The molecular weight excluding hydrogens is 326 g/mol. The number of benzene rings is 2. The molecule has 1 fully saturated rings. The number of nitrogen functional groups attached to an aromatic ring is 1. The first kappa shape index (κ1) is 16.6. The minimum absolute atomic E-state index is 0.318. The number of hydrogen-bond donors (Lipinski definition) is 1. The van der Waals surface area contributed by atoms with Crippen LogP contribution < -0.4 is 15.4 Å². The van der Waals surface area contributed by atoms with Crippen molar-refractivity contribution in [2.45, 2.75) is 0 Å². The van der Waals surface area contributed by atoms with Gasteiger partial charge in [-0.2, -0.15) is 4.98 Å². The van der Waals surface area contributed by atoms with E-state index in [9.17, 15) is 0 Å². The molecular formula is C20H23N5O. The van der Waals surface area contributed by atoms with E-state index in [1.807, 2.05) is 24.3 Å². The number of piperazine rings is 1. The summed E-state index contributed by atoms with van der Waals surface area (Å²) in [6.07, 6.45) is 0. The van der Waals surface area contributed by atoms with E-state index in [0.717, 1.165) is 59.8 Å². The second-order valence-electron chi connectivity index (χ2n) is 6.66. The van der Waals surface area contributed by atoms with Crippen LogP contribution in [0, 0.1) is 0 Å². The van der Waals surface area contributed by atoms with Gasteiger partial charge in [-0.05, 0) is 42.4 Å². The molecule has 0 spiro atoms. The lowest BCUT2D eigenvalue weighted by atomic mass is 10.0. The molecule has 4 rings (SSSR count). The van der Waals surface area contributed by atoms with Crippen molar-refractivity contribution in [1.29, 1.82) is 0 Å². The minimum atomic E-state index is 0.318. The van der Waals surface area contributed by atoms with Crippen molar-refractivity contribution in [3.8, 4) is 16.9 Å². The third-order valence-corrected chi connectivity index (χ3v) is 4.92. The van der Waals surface area contributed by atoms with Crippen LogP contribution in [0.4, 0.5) is 11.8 Å². The highest BCUT2D eigenvalue weighted by Gasteiger charge is 2.19. The molecule has 0 amide bonds. The van der Waals surface area contributed by atoms with Crippen molar-refractivity contribution in [3.05, 3.63) is 42.5 Å². The van der Waals surface area contributed by atoms with Crippen LogP contribution in [0.2, 0.25) is 0 Å². The average molecular weight is 349 g/mol. The number of nitrogens with zero attached hydrogens (tertiary/aromatic N) is 4. The first-order valence-corrected chi connectivity index (χ1v) is 8.79. The highest BCUT2D eigenvalue weighted by atomic mass is 16.5. The zero-order valence-corrected chi connectivity index (χ0v) is 15.1. The molecule has 0 atom stereocenters. The van der Waals surface area contributed by atoms with Gasteiger partial charge in [0.25, 0.3) is 0 Å². The molecule has 3 aromatic rings. The second-order valence-corrected chi connectivity index (χ2v) is 6.66. The van der Waals surface area contributed by atoms with E-state index < -0.39 is 0 Å². The Bertz CT molecular complexity index is 917. The molecule has 0 unspecified atom stereocenters. The van der Waals surface area contributed by atoms with Crippen molar-refractivity contribution >= 4 is 22.7 Å². The van der Waals surface area contributed by atoms with Crippen molar-refractivity contribution < 1.29 is 4.74 Å². The molecule has 6 heteroatoms. The number of fused-ring (bicyclic) bond motifs is 1. The Morgan fingerprint density at radius 1 is 0.923 bits per heavy atom. The summed E-state index contributed by atoms with van der Waals surface area (Å²) in [7, 11) is 3.82. The maximum absolute atomic E-state index is 6.01. The molecule has 1 aliphatic rings. The van der Waals surface area contributed by atoms with Crippen LogP contribution in [-0.4, -0.2) is 55.2 Å². The van der Waals surface area contributed by atoms with E-state index in [0.29, 0.717) is 5.95 Å². The minimum Gasteiger partial charge on any atom is -0.497 e. The van der Waals surface area contributed by atoms with Crippen LogP contribution in [-0.2, 0) is 0 Å². The van der Waals surface area contributed by atoms with Crippen molar-refractivity contribution in [1.82, 2.24) is 14.9 Å². The maximum Gasteiger partial charge on any atom is 0.222 e. The highest BCUT2D eigenvalue weighted by Crippen LogP contribution is 2.30. The normalized spacial score (nSPS) is 15.4. The zero-order chi connectivity index (χ0) is 18.1. The first-order valence-electron chi connectivity index (χ1n) is 8.79. The Morgan fingerprint density at radius 3 is 2.31 bits per heavy atom. The van der Waals surface area contributed by atoms with Crippen LogP contribution in [0.1, 0.15) is 0 Å². The Labute approximate surface area is 153 Å². The van der Waals surface area contributed by atoms with E-state index >= 15 is 0 Å². The molecule has 6 nitrogen and oxygen atoms in total. The van der Waals surface area contributed by atoms with E-state index in [1.54, 1.807) is 7.11 Å². The molecule has 26 heavy (non-hydrogen) atoms. The lowest BCUT2D eigenvalue weighted by Gasteiger charge is -2.33. The predicted octanol–water partition coefficient (Wildman–Crippen LogP) is 2.64. The lowest BCUT2D eigenvalue weighted by Crippen LogP contribution is -2.45. The molecule has 0 radical (unpaired) electrons. The maximum atomic E-state index is 6.01. The van der Waals surface area contributed by atoms with Gasteiger partial charge < -0.3 is 20.3 Å². The monoisotopic (exact) mass is 349 g/mol. The number of likely N-dealkylation sites (N-methyl/N-ethyl adjacent to an activating group) is 1. The number of nitrogens with two attached hydrogens (primary N) is 1. The third-order valence-electron chi connectivity index (χ3n) is 4.92. The third kappa shape index (κ3) is 3.15. The van der Waals surface area contributed by atoms with E-state index in [4.69, 9.17) is 10.5 Å². The average Bonchev–Trinajstić information content (AvgIpc) is 2.67. The number of rotatable bonds is 3. The molecule has 0 saturated carbocycles. The van der Waals surface area contributed by atoms with Crippen LogP contribution in [0.5, 0.6) is 5.75 Å². The molecule has 2 aromatic carbocycles. The molecule has 1 saturated heterocycles. The summed E-state index contributed by atoms with van der Waals surface area (Å²) in [6, 6.07) is 14.3. The summed E-state index contributed by atoms with van der Waals surface area (Å²) in [5.41, 5.74) is 9.10. The van der Waals surface area contributed by atoms with Gasteiger partial charge in [0.15, 0.2) is 0 Å². The molecule has 134 valence electrons. The number of hydrogen-bond acceptors (Lipinski definition) is 6. The smallest absolute Gasteiger partial charge is 0.222 e. The van der Waals surface area contributed by atoms with E-state index in [1.165, 1.54) is 0 Å². The van der Waals surface area contributed by atoms with Gasteiger partial charge in [-0.15, -0.1) is 0 Å². The number of anilines is 2. The number of ether oxygens (including phenoxy) is 1. The largest absolute Gasteiger partial charge is 0.497 e. The fraction of sp³-hybridized carbons (Fsp3) is 0.300. The number of methoxy groups -OCH3 is 1. The topological polar surface area (TPSA) is 67.5 Å². The van der Waals surface area contributed by atoms with Gasteiger partial charge in [-0.3, -0.25) is 0 Å². The van der Waals surface area contributed by atoms with Gasteiger partial charge in [0.1, 0.15) is 11.6 Å². The first-order chi connectivity index (χ1) is 12.6. The Morgan fingerprint density at radius 2 is 1.62 bits per heavy atom. The summed E-state index contributed by atoms with van der Waals surface area (Å²) in [4.78, 5) is 13.6. The van der Waals surface area contributed by atoms with Crippen molar-refractivity contribution in [2.24, 2.45) is 0 Å². The van der Waals surface area contributed by atoms with Crippen LogP contribution in [0.15, 0.2) is 42.5 Å². The van der Waals surface area contributed by atoms with E-state index in [-0.39, 0.29) is 0 Å². The summed E-state index contributed by atoms with van der Waals surface area (Å²) in [5.74, 6) is 2.10.